The Morgan fingerprint density at radius 1 is 0.356 bits per heavy atom. The van der Waals surface area contributed by atoms with E-state index in [0.29, 0.717) is 22.7 Å². The summed E-state index contributed by atoms with van der Waals surface area (Å²) >= 11 is 0. The maximum Gasteiger partial charge on any atom is 0.190 e. The molecule has 0 N–H and O–H groups in total. The van der Waals surface area contributed by atoms with E-state index >= 15 is 0 Å². The molecule has 0 aliphatic heterocycles. The van der Waals surface area contributed by atoms with Gasteiger partial charge in [0.15, 0.2) is 33.3 Å². The van der Waals surface area contributed by atoms with Crippen molar-refractivity contribution in [3.8, 4) is 0 Å². The van der Waals surface area contributed by atoms with Gasteiger partial charge in [0, 0.05) is 6.61 Å². The van der Waals surface area contributed by atoms with E-state index < -0.39 is 41.3 Å². The first-order chi connectivity index (χ1) is 37.5. The van der Waals surface area contributed by atoms with Crippen LogP contribution in [0, 0.1) is 82.3 Å². The maximum atomic E-state index is 7.20. The molecule has 0 radical (unpaired) electrons. The standard InChI is InChI=1S/C19H34OSi.C16H30OSi.C14H26OSi.C13H24OSi.C9H14Si.10CH4/c1-21(2,18-6-4-3-5-7-18)20-19-12-15-8-9-16(13-19)11-17(10-15)14-19;1-18(2,3)17-7-6-16-10-13-4-5-14(11-16)9-15(8-13)12-16;1-16(2,3)15-14-8-11-4-5-12(9-14)7-13(6-11)10-14;1-15(2,3)14-13-11-5-9-4-10(7-11)8-12(13)6-9;1-10(2,3)9-7-5-4-6-8-9;;;;;;;;;;/h15-18H,3-14H2,1-2H3;13-15H,4-12H2,1-3H3;11-13H,4-10H2,1-3H3;9-13H,4-8H2,1-3H3;4-8H,1-3H3;10*1H4. The first-order valence-corrected chi connectivity index (χ1v) is 52.0. The molecule has 4 nitrogen and oxygen atoms in total. The Labute approximate surface area is 574 Å². The summed E-state index contributed by atoms with van der Waals surface area (Å²) in [7, 11) is -6.53. The van der Waals surface area contributed by atoms with Gasteiger partial charge in [-0.2, -0.15) is 0 Å². The predicted molar refractivity (Wildman–Crippen MR) is 422 cm³/mol. The number of hydrogen-bond donors (Lipinski definition) is 0. The minimum Gasteiger partial charge on any atom is -0.418 e. The lowest BCUT2D eigenvalue weighted by Gasteiger charge is -2.55. The molecule has 17 aliphatic rings. The molecular weight excluding hydrogens is 1180 g/mol. The molecule has 0 heterocycles. The molecule has 6 unspecified atom stereocenters. The quantitative estimate of drug-likeness (QED) is 0.196. The zero-order valence-corrected chi connectivity index (χ0v) is 60.0. The van der Waals surface area contributed by atoms with E-state index in [1.807, 2.05) is 0 Å². The van der Waals surface area contributed by atoms with Crippen LogP contribution < -0.4 is 5.19 Å². The molecule has 17 fully saturated rings. The third-order valence-corrected chi connectivity index (χ3v) is 32.8. The minimum absolute atomic E-state index is 0. The highest BCUT2D eigenvalue weighted by atomic mass is 28.4. The van der Waals surface area contributed by atoms with Crippen LogP contribution in [0.5, 0.6) is 0 Å². The van der Waals surface area contributed by atoms with Gasteiger partial charge >= 0.3 is 0 Å². The molecule has 16 bridgehead atoms. The van der Waals surface area contributed by atoms with Crippen molar-refractivity contribution >= 4 is 46.5 Å². The minimum atomic E-state index is -1.51. The topological polar surface area (TPSA) is 36.9 Å². The molecule has 18 rings (SSSR count). The van der Waals surface area contributed by atoms with Gasteiger partial charge in [-0.25, -0.2) is 0 Å². The largest absolute Gasteiger partial charge is 0.418 e. The zero-order chi connectivity index (χ0) is 56.9. The van der Waals surface area contributed by atoms with Crippen LogP contribution in [-0.4, -0.2) is 65.3 Å². The molecule has 17 saturated carbocycles. The van der Waals surface area contributed by atoms with Gasteiger partial charge in [0.2, 0.25) is 0 Å². The summed E-state index contributed by atoms with van der Waals surface area (Å²) in [6, 6.07) is 10.8. The molecule has 1 aromatic rings. The molecule has 0 spiro atoms. The van der Waals surface area contributed by atoms with Crippen molar-refractivity contribution in [1.82, 2.24) is 0 Å². The van der Waals surface area contributed by atoms with Crippen LogP contribution in [0.25, 0.3) is 0 Å². The van der Waals surface area contributed by atoms with Crippen molar-refractivity contribution in [1.29, 1.82) is 0 Å². The van der Waals surface area contributed by atoms with E-state index in [1.54, 1.807) is 19.3 Å². The van der Waals surface area contributed by atoms with Gasteiger partial charge in [-0.3, -0.25) is 0 Å². The lowest BCUT2D eigenvalue weighted by Crippen LogP contribution is -2.53. The Kier molecular flexibility index (Phi) is 36.4. The van der Waals surface area contributed by atoms with Gasteiger partial charge in [0.05, 0.1) is 25.4 Å². The van der Waals surface area contributed by atoms with Gasteiger partial charge in [0.25, 0.3) is 0 Å². The fraction of sp³-hybridized carbons (Fsp3) is 0.926. The van der Waals surface area contributed by atoms with E-state index in [9.17, 15) is 0 Å². The molecule has 90 heavy (non-hydrogen) atoms. The second-order valence-electron chi connectivity index (χ2n) is 36.4. The Hall–Kier alpha value is 0.144. The first kappa shape index (κ1) is 90.1. The highest BCUT2D eigenvalue weighted by Gasteiger charge is 2.55. The van der Waals surface area contributed by atoms with Gasteiger partial charge < -0.3 is 17.7 Å². The van der Waals surface area contributed by atoms with Gasteiger partial charge in [-0.05, 0) is 295 Å². The van der Waals surface area contributed by atoms with E-state index in [4.69, 9.17) is 17.7 Å². The predicted octanol–water partition coefficient (Wildman–Crippen LogP) is 27.2. The lowest BCUT2D eigenvalue weighted by atomic mass is 9.55. The normalized spacial score (nSPS) is 36.6. The van der Waals surface area contributed by atoms with E-state index in [1.165, 1.54) is 191 Å². The Balaban J connectivity index is 0.00000109. The zero-order valence-electron chi connectivity index (χ0n) is 55.0. The summed E-state index contributed by atoms with van der Waals surface area (Å²) < 4.78 is 26.5. The van der Waals surface area contributed by atoms with Gasteiger partial charge in [-0.15, -0.1) is 0 Å². The van der Waals surface area contributed by atoms with E-state index in [0.717, 1.165) is 89.1 Å². The SMILES string of the molecule is C.C.C.C.C.C.C.C.C.C.C[Si](C)(C)OC12CC3CCC(CC(C3)C1)C2.C[Si](C)(C)OC1C2CC3CC(C2)CC1C3.C[Si](C)(C)OCCC12CC3CCC(CC(C3)C1)C2.C[Si](C)(C)c1ccccc1.C[Si](C)(OC12CC3CCC(CC(C3)C1)C2)C1CCCCC1. The molecule has 536 valence electrons. The van der Waals surface area contributed by atoms with Gasteiger partial charge in [0.1, 0.15) is 0 Å². The molecule has 0 amide bonds. The van der Waals surface area contributed by atoms with Crippen LogP contribution in [0.1, 0.15) is 280 Å². The van der Waals surface area contributed by atoms with Crippen LogP contribution in [0.2, 0.25) is 97.2 Å². The molecule has 0 saturated heterocycles. The van der Waals surface area contributed by atoms with Crippen molar-refractivity contribution in [2.75, 3.05) is 6.61 Å². The molecule has 9 heteroatoms. The Morgan fingerprint density at radius 2 is 0.700 bits per heavy atom. The van der Waals surface area contributed by atoms with Crippen molar-refractivity contribution in [2.24, 2.45) is 82.3 Å². The summed E-state index contributed by atoms with van der Waals surface area (Å²) in [4.78, 5) is 0. The van der Waals surface area contributed by atoms with Crippen LogP contribution >= 0.6 is 0 Å². The van der Waals surface area contributed by atoms with E-state index in [2.05, 4.69) is 122 Å². The average Bonchev–Trinajstić information content (AvgIpc) is 1.29. The van der Waals surface area contributed by atoms with Crippen LogP contribution in [0.3, 0.4) is 0 Å². The first-order valence-electron chi connectivity index (χ1n) is 35.3. The second-order valence-corrected chi connectivity index (χ2v) is 59.1. The smallest absolute Gasteiger partial charge is 0.190 e. The third-order valence-electron chi connectivity index (χ3n) is 24.1. The highest BCUT2D eigenvalue weighted by Crippen LogP contribution is 2.61. The van der Waals surface area contributed by atoms with Crippen LogP contribution in [0.4, 0.5) is 0 Å². The maximum absolute atomic E-state index is 7.20. The summed E-state index contributed by atoms with van der Waals surface area (Å²) in [6.07, 6.45) is 48.2. The summed E-state index contributed by atoms with van der Waals surface area (Å²) in [5.41, 5.74) is 2.31. The molecule has 0 aromatic heterocycles. The molecule has 1 aromatic carbocycles. The number of hydrogen-bond acceptors (Lipinski definition) is 4. The molecular formula is C81H168O4Si5. The Morgan fingerprint density at radius 3 is 1.06 bits per heavy atom. The molecule has 6 atom stereocenters. The van der Waals surface area contributed by atoms with Crippen molar-refractivity contribution in [3.05, 3.63) is 30.3 Å². The molecule has 17 aliphatic carbocycles. The number of rotatable bonds is 12. The van der Waals surface area contributed by atoms with Crippen molar-refractivity contribution in [3.63, 3.8) is 0 Å². The van der Waals surface area contributed by atoms with Gasteiger partial charge in [-0.1, -0.05) is 200 Å². The van der Waals surface area contributed by atoms with E-state index in [-0.39, 0.29) is 74.3 Å². The van der Waals surface area contributed by atoms with Crippen LogP contribution in [-0.2, 0) is 17.7 Å². The summed E-state index contributed by atoms with van der Waals surface area (Å²) in [5, 5.41) is 1.54. The summed E-state index contributed by atoms with van der Waals surface area (Å²) in [5.74, 6) is 13.3. The fourth-order valence-corrected chi connectivity index (χ4v) is 30.2. The average molecular weight is 1350 g/mol. The third kappa shape index (κ3) is 24.5. The fourth-order valence-electron chi connectivity index (χ4n) is 22.2. The monoisotopic (exact) mass is 1350 g/mol. The lowest BCUT2D eigenvalue weighted by molar-refractivity contribution is -0.0827. The van der Waals surface area contributed by atoms with Crippen molar-refractivity contribution in [2.45, 2.75) is 394 Å². The number of benzene rings is 1. The van der Waals surface area contributed by atoms with Crippen LogP contribution in [0.15, 0.2) is 30.3 Å². The second kappa shape index (κ2) is 36.3. The number of fused-ring (bicyclic) bond motifs is 3. The summed E-state index contributed by atoms with van der Waals surface area (Å²) in [6.45, 7) is 34.3. The Bertz CT molecular complexity index is 2040. The highest BCUT2D eigenvalue weighted by molar-refractivity contribution is 6.88. The van der Waals surface area contributed by atoms with Crippen molar-refractivity contribution < 1.29 is 17.7 Å².